The van der Waals surface area contributed by atoms with Gasteiger partial charge in [0.25, 0.3) is 0 Å². The molecule has 0 spiro atoms. The van der Waals surface area contributed by atoms with Crippen molar-refractivity contribution in [2.45, 2.75) is 83.4 Å². The summed E-state index contributed by atoms with van der Waals surface area (Å²) in [6.45, 7) is 10.8. The summed E-state index contributed by atoms with van der Waals surface area (Å²) in [6, 6.07) is 54.2. The van der Waals surface area contributed by atoms with Crippen LogP contribution in [0, 0.1) is 19.0 Å². The molecule has 0 aliphatic heterocycles. The van der Waals surface area contributed by atoms with Crippen molar-refractivity contribution in [1.82, 2.24) is 14.5 Å². The maximum Gasteiger partial charge on any atom is 0 e. The fourth-order valence-corrected chi connectivity index (χ4v) is 12.2. The second kappa shape index (κ2) is 18.7. The molecule has 6 heteroatoms. The Labute approximate surface area is 406 Å². The van der Waals surface area contributed by atoms with Gasteiger partial charge in [0.05, 0.1) is 22.4 Å². The first-order valence-corrected chi connectivity index (χ1v) is 29.6. The Morgan fingerprint density at radius 2 is 1.43 bits per heavy atom. The number of fused-ring (bicyclic) bond motifs is 6. The number of hydrogen-bond acceptors (Lipinski definition) is 3. The fraction of sp³-hybridized carbons (Fsp3) is 0.220. The van der Waals surface area contributed by atoms with E-state index in [1.165, 1.54) is 43.6 Å². The van der Waals surface area contributed by atoms with Crippen molar-refractivity contribution < 1.29 is 30.0 Å². The van der Waals surface area contributed by atoms with Gasteiger partial charge in [-0.05, 0) is 51.6 Å². The molecule has 329 valence electrons. The molecule has 0 amide bonds. The van der Waals surface area contributed by atoms with Crippen LogP contribution in [-0.2, 0) is 20.1 Å². The summed E-state index contributed by atoms with van der Waals surface area (Å²) in [7, 11) is 0. The Morgan fingerprint density at radius 1 is 0.692 bits per heavy atom. The summed E-state index contributed by atoms with van der Waals surface area (Å²) >= 11 is -2.14. The Balaban J connectivity index is 0.000000219. The molecule has 65 heavy (non-hydrogen) atoms. The fourth-order valence-electron chi connectivity index (χ4n) is 8.91. The third-order valence-corrected chi connectivity index (χ3v) is 16.4. The number of aryl methyl sites for hydroxylation is 1. The third kappa shape index (κ3) is 8.91. The molecule has 1 radical (unpaired) electrons. The van der Waals surface area contributed by atoms with E-state index in [2.05, 4.69) is 170 Å². The standard InChI is InChI=1S/C41H33N2O.C18H24GeN.Ir/c1-25(2)30-16-10-17-31(26(3)4)38(30)43-39-32-15-9-8-14-28(32)21-23-36(39)42-41(43)35-19-11-18-34-33-22-20-29(24-37(33)44-40(34)35)27-12-6-5-7-13-27;1-13(2)16-11-18(15-9-7-14(3)8-10-15)20-12-17(16)19(4,5)6;/h5-18,20-26H,1-4H3;7-9,11-13H,1-6H3;/q2*-1;/i;3D3,13D;. The topological polar surface area (TPSA) is 43.9 Å². The van der Waals surface area contributed by atoms with Crippen molar-refractivity contribution in [3.05, 3.63) is 180 Å². The maximum atomic E-state index is 8.49. The predicted molar refractivity (Wildman–Crippen MR) is 274 cm³/mol. The van der Waals surface area contributed by atoms with Crippen LogP contribution in [0.1, 0.15) is 87.0 Å². The van der Waals surface area contributed by atoms with Crippen molar-refractivity contribution >= 4 is 61.4 Å². The summed E-state index contributed by atoms with van der Waals surface area (Å²) in [5.41, 5.74) is 13.5. The molecule has 0 saturated heterocycles. The van der Waals surface area contributed by atoms with E-state index in [1.807, 2.05) is 38.2 Å². The van der Waals surface area contributed by atoms with Crippen LogP contribution in [0.25, 0.3) is 83.2 Å². The molecule has 3 heterocycles. The molecule has 0 aliphatic rings. The Kier molecular flexibility index (Phi) is 11.8. The number of furan rings is 1. The molecule has 0 aliphatic carbocycles. The van der Waals surface area contributed by atoms with Gasteiger partial charge in [0.15, 0.2) is 0 Å². The maximum absolute atomic E-state index is 8.49. The zero-order valence-corrected chi connectivity index (χ0v) is 43.1. The van der Waals surface area contributed by atoms with Crippen LogP contribution < -0.4 is 4.40 Å². The van der Waals surface area contributed by atoms with Gasteiger partial charge >= 0.3 is 131 Å². The quantitative estimate of drug-likeness (QED) is 0.112. The average Bonchev–Trinajstić information content (AvgIpc) is 3.89. The summed E-state index contributed by atoms with van der Waals surface area (Å²) in [5, 5.41) is 4.54. The molecular weight excluding hydrogens is 1030 g/mol. The van der Waals surface area contributed by atoms with Crippen molar-refractivity contribution in [3.63, 3.8) is 0 Å². The normalized spacial score (nSPS) is 13.1. The molecular formula is C59H57GeIrN3O-2. The van der Waals surface area contributed by atoms with Gasteiger partial charge in [0, 0.05) is 36.6 Å². The van der Waals surface area contributed by atoms with Crippen molar-refractivity contribution in [1.29, 1.82) is 0 Å². The molecule has 10 rings (SSSR count). The van der Waals surface area contributed by atoms with E-state index in [1.54, 1.807) is 12.1 Å². The largest absolute Gasteiger partial charge is 0 e. The number of imidazole rings is 1. The van der Waals surface area contributed by atoms with Crippen LogP contribution in [-0.4, -0.2) is 27.8 Å². The van der Waals surface area contributed by atoms with Gasteiger partial charge in [-0.15, -0.1) is 18.2 Å². The number of rotatable bonds is 8. The monoisotopic (exact) mass is 1090 g/mol. The number of benzene rings is 7. The zero-order chi connectivity index (χ0) is 48.3. The van der Waals surface area contributed by atoms with Gasteiger partial charge in [0.1, 0.15) is 5.58 Å². The molecule has 3 aromatic heterocycles. The van der Waals surface area contributed by atoms with E-state index in [-0.39, 0.29) is 25.7 Å². The van der Waals surface area contributed by atoms with Crippen LogP contribution in [0.5, 0.6) is 0 Å². The molecule has 0 unspecified atom stereocenters. The minimum atomic E-state index is -2.14. The Bertz CT molecular complexity index is 3440. The second-order valence-corrected chi connectivity index (χ2v) is 29.2. The number of pyridine rings is 1. The van der Waals surface area contributed by atoms with Crippen molar-refractivity contribution in [3.8, 4) is 39.5 Å². The van der Waals surface area contributed by atoms with Gasteiger partial charge in [-0.25, -0.2) is 0 Å². The average molecular weight is 1090 g/mol. The van der Waals surface area contributed by atoms with Crippen molar-refractivity contribution in [2.24, 2.45) is 0 Å². The number of nitrogens with zero attached hydrogens (tertiary/aromatic N) is 3. The molecule has 0 saturated carbocycles. The van der Waals surface area contributed by atoms with Gasteiger partial charge in [-0.3, -0.25) is 4.98 Å². The van der Waals surface area contributed by atoms with E-state index in [9.17, 15) is 0 Å². The summed E-state index contributed by atoms with van der Waals surface area (Å²) in [6.07, 6.45) is 1.91. The minimum absolute atomic E-state index is 0. The van der Waals surface area contributed by atoms with Crippen LogP contribution in [0.4, 0.5) is 0 Å². The summed E-state index contributed by atoms with van der Waals surface area (Å²) in [5.74, 6) is 7.68. The molecule has 0 fully saturated rings. The second-order valence-electron chi connectivity index (χ2n) is 18.7. The van der Waals surface area contributed by atoms with E-state index in [0.29, 0.717) is 11.8 Å². The van der Waals surface area contributed by atoms with E-state index >= 15 is 0 Å². The van der Waals surface area contributed by atoms with Crippen LogP contribution >= 0.6 is 0 Å². The molecule has 0 N–H and O–H groups in total. The number of aromatic nitrogens is 3. The van der Waals surface area contributed by atoms with Gasteiger partial charge < -0.3 is 8.98 Å². The third-order valence-electron chi connectivity index (χ3n) is 12.2. The van der Waals surface area contributed by atoms with Crippen molar-refractivity contribution in [2.75, 3.05) is 0 Å². The first-order valence-electron chi connectivity index (χ1n) is 24.3. The van der Waals surface area contributed by atoms with E-state index in [0.717, 1.165) is 66.7 Å². The van der Waals surface area contributed by atoms with Crippen LogP contribution in [0.3, 0.4) is 0 Å². The molecule has 10 aromatic rings. The van der Waals surface area contributed by atoms with E-state index < -0.39 is 26.0 Å². The zero-order valence-electron chi connectivity index (χ0n) is 42.6. The van der Waals surface area contributed by atoms with Gasteiger partial charge in [-0.2, -0.15) is 0 Å². The van der Waals surface area contributed by atoms with Gasteiger partial charge in [-0.1, -0.05) is 130 Å². The number of para-hydroxylation sites is 1. The minimum Gasteiger partial charge on any atom is 0 e. The van der Waals surface area contributed by atoms with Crippen LogP contribution in [0.2, 0.25) is 17.3 Å². The first-order chi connectivity index (χ1) is 32.3. The first kappa shape index (κ1) is 40.9. The Morgan fingerprint density at radius 3 is 2.11 bits per heavy atom. The molecule has 4 nitrogen and oxygen atoms in total. The van der Waals surface area contributed by atoms with Gasteiger partial charge in [0.2, 0.25) is 0 Å². The summed E-state index contributed by atoms with van der Waals surface area (Å²) < 4.78 is 41.2. The SMILES string of the molecule is CC(C)c1cccc(C(C)C)c1-n1c(-c2[c-]ccc3c2oc2cc(-c4ccccc4)ccc23)nc2ccc3ccccc3c21.[2H]C([2H])([2H])c1c[c-]c(-c2cc(C([2H])(C)C)[c]([Ge]([CH3])([CH3])[CH3])cn2)cc1.[Ir]. The smallest absolute Gasteiger partial charge is 0 e. The molecule has 0 bridgehead atoms. The molecule has 7 aromatic carbocycles. The van der Waals surface area contributed by atoms with Crippen LogP contribution in [0.15, 0.2) is 150 Å². The molecule has 0 atom stereocenters. The predicted octanol–water partition coefficient (Wildman–Crippen LogP) is 16.0. The number of hydrogen-bond donors (Lipinski definition) is 0. The van der Waals surface area contributed by atoms with E-state index in [4.69, 9.17) is 14.9 Å². The Hall–Kier alpha value is -5.59. The summed E-state index contributed by atoms with van der Waals surface area (Å²) in [4.78, 5) is 9.94.